The maximum atomic E-state index is 11.7. The first-order valence-corrected chi connectivity index (χ1v) is 5.43. The molecule has 0 aromatic heterocycles. The molecule has 0 radical (unpaired) electrons. The van der Waals surface area contributed by atoms with Crippen LogP contribution in [0.4, 0.5) is 8.78 Å². The summed E-state index contributed by atoms with van der Waals surface area (Å²) in [4.78, 5) is 13.2. The van der Waals surface area contributed by atoms with Crippen LogP contribution in [0.3, 0.4) is 0 Å². The minimum atomic E-state index is -2.43. The van der Waals surface area contributed by atoms with Crippen molar-refractivity contribution in [3.05, 3.63) is 0 Å². The molecule has 0 bridgehead atoms. The summed E-state index contributed by atoms with van der Waals surface area (Å²) in [7, 11) is 1.79. The first-order chi connectivity index (χ1) is 7.61. The molecule has 1 aliphatic rings. The number of halogens is 2. The Morgan fingerprint density at radius 3 is 2.81 bits per heavy atom. The maximum Gasteiger partial charge on any atom is 0.261 e. The highest BCUT2D eigenvalue weighted by Gasteiger charge is 2.28. The number of nitrogens with one attached hydrogen (secondary N) is 1. The van der Waals surface area contributed by atoms with Crippen LogP contribution in [0.2, 0.25) is 0 Å². The third kappa shape index (κ3) is 5.37. The Hall–Kier alpha value is -0.750. The van der Waals surface area contributed by atoms with Crippen LogP contribution in [0.5, 0.6) is 0 Å². The first-order valence-electron chi connectivity index (χ1n) is 5.43. The van der Waals surface area contributed by atoms with E-state index in [4.69, 9.17) is 0 Å². The molecule has 1 aliphatic carbocycles. The number of carbonyl (C=O) groups excluding carboxylic acids is 1. The van der Waals surface area contributed by atoms with Gasteiger partial charge in [0.1, 0.15) is 6.61 Å². The van der Waals surface area contributed by atoms with E-state index in [0.717, 1.165) is 12.8 Å². The summed E-state index contributed by atoms with van der Waals surface area (Å²) < 4.78 is 28.0. The van der Waals surface area contributed by atoms with Crippen molar-refractivity contribution in [3.8, 4) is 0 Å². The lowest BCUT2D eigenvalue weighted by molar-refractivity contribution is -0.129. The molecule has 0 atom stereocenters. The molecular weight excluding hydrogens is 218 g/mol. The number of hydrogen-bond acceptors (Lipinski definition) is 3. The Bertz CT molecular complexity index is 223. The highest BCUT2D eigenvalue weighted by molar-refractivity contribution is 5.78. The lowest BCUT2D eigenvalue weighted by Gasteiger charge is -2.16. The number of carbonyl (C=O) groups is 1. The smallest absolute Gasteiger partial charge is 0.261 e. The van der Waals surface area contributed by atoms with Crippen molar-refractivity contribution in [2.24, 2.45) is 0 Å². The van der Waals surface area contributed by atoms with Gasteiger partial charge in [0.15, 0.2) is 0 Å². The van der Waals surface area contributed by atoms with Crippen LogP contribution >= 0.6 is 0 Å². The second-order valence-corrected chi connectivity index (χ2v) is 3.88. The molecule has 1 fully saturated rings. The summed E-state index contributed by atoms with van der Waals surface area (Å²) in [6, 6.07) is 0.407. The van der Waals surface area contributed by atoms with Gasteiger partial charge in [0.05, 0.1) is 13.2 Å². The number of ether oxygens (including phenoxy) is 1. The summed E-state index contributed by atoms with van der Waals surface area (Å²) in [6.07, 6.45) is -0.262. The standard InChI is InChI=1S/C10H18F2N2O2/c1-14(8-2-3-8)10(15)6-13-4-5-16-7-9(11)12/h8-9,13H,2-7H2,1H3. The second-order valence-electron chi connectivity index (χ2n) is 3.88. The highest BCUT2D eigenvalue weighted by atomic mass is 19.3. The highest BCUT2D eigenvalue weighted by Crippen LogP contribution is 2.24. The number of likely N-dealkylation sites (N-methyl/N-ethyl adjacent to an activating group) is 1. The van der Waals surface area contributed by atoms with E-state index < -0.39 is 13.0 Å². The molecule has 0 saturated heterocycles. The van der Waals surface area contributed by atoms with E-state index in [1.807, 2.05) is 0 Å². The normalized spacial score (nSPS) is 15.5. The van der Waals surface area contributed by atoms with Gasteiger partial charge >= 0.3 is 0 Å². The molecular formula is C10H18F2N2O2. The fourth-order valence-corrected chi connectivity index (χ4v) is 1.30. The summed E-state index contributed by atoms with van der Waals surface area (Å²) >= 11 is 0. The van der Waals surface area contributed by atoms with Gasteiger partial charge in [-0.05, 0) is 12.8 Å². The summed E-state index contributed by atoms with van der Waals surface area (Å²) in [5.74, 6) is 0.0383. The minimum Gasteiger partial charge on any atom is -0.374 e. The minimum absolute atomic E-state index is 0.0383. The van der Waals surface area contributed by atoms with Gasteiger partial charge in [-0.1, -0.05) is 0 Å². The van der Waals surface area contributed by atoms with E-state index >= 15 is 0 Å². The lowest BCUT2D eigenvalue weighted by atomic mass is 10.4. The summed E-state index contributed by atoms with van der Waals surface area (Å²) in [6.45, 7) is 0.310. The number of hydrogen-bond donors (Lipinski definition) is 1. The van der Waals surface area contributed by atoms with E-state index in [9.17, 15) is 13.6 Å². The second kappa shape index (κ2) is 6.75. The quantitative estimate of drug-likeness (QED) is 0.623. The average Bonchev–Trinajstić information content (AvgIpc) is 3.05. The van der Waals surface area contributed by atoms with Crippen LogP contribution in [0.15, 0.2) is 0 Å². The number of alkyl halides is 2. The summed E-state index contributed by atoms with van der Waals surface area (Å²) in [5, 5.41) is 2.86. The fourth-order valence-electron chi connectivity index (χ4n) is 1.30. The predicted molar refractivity (Wildman–Crippen MR) is 55.5 cm³/mol. The topological polar surface area (TPSA) is 41.6 Å². The number of amides is 1. The Morgan fingerprint density at radius 2 is 2.25 bits per heavy atom. The van der Waals surface area contributed by atoms with Crippen molar-refractivity contribution in [1.82, 2.24) is 10.2 Å². The largest absolute Gasteiger partial charge is 0.374 e. The molecule has 0 aliphatic heterocycles. The van der Waals surface area contributed by atoms with Crippen LogP contribution < -0.4 is 5.32 Å². The van der Waals surface area contributed by atoms with Gasteiger partial charge in [-0.25, -0.2) is 8.78 Å². The molecule has 1 saturated carbocycles. The van der Waals surface area contributed by atoms with Crippen molar-refractivity contribution in [2.75, 3.05) is 33.4 Å². The van der Waals surface area contributed by atoms with Crippen molar-refractivity contribution in [3.63, 3.8) is 0 Å². The van der Waals surface area contributed by atoms with Crippen LogP contribution in [0, 0.1) is 0 Å². The van der Waals surface area contributed by atoms with E-state index in [-0.39, 0.29) is 19.1 Å². The molecule has 0 aromatic carbocycles. The Morgan fingerprint density at radius 1 is 1.56 bits per heavy atom. The van der Waals surface area contributed by atoms with Gasteiger partial charge in [0.2, 0.25) is 5.91 Å². The van der Waals surface area contributed by atoms with Crippen molar-refractivity contribution < 1.29 is 18.3 Å². The Kier molecular flexibility index (Phi) is 5.62. The van der Waals surface area contributed by atoms with Crippen LogP contribution in [-0.4, -0.2) is 56.6 Å². The van der Waals surface area contributed by atoms with Gasteiger partial charge in [-0.3, -0.25) is 4.79 Å². The molecule has 0 unspecified atom stereocenters. The number of nitrogens with zero attached hydrogens (tertiary/aromatic N) is 1. The third-order valence-corrected chi connectivity index (χ3v) is 2.43. The third-order valence-electron chi connectivity index (χ3n) is 2.43. The fraction of sp³-hybridized carbons (Fsp3) is 0.900. The summed E-state index contributed by atoms with van der Waals surface area (Å²) in [5.41, 5.74) is 0. The van der Waals surface area contributed by atoms with Gasteiger partial charge < -0.3 is 15.0 Å². The van der Waals surface area contributed by atoms with E-state index in [0.29, 0.717) is 12.6 Å². The van der Waals surface area contributed by atoms with Crippen molar-refractivity contribution in [1.29, 1.82) is 0 Å². The monoisotopic (exact) mass is 236 g/mol. The SMILES string of the molecule is CN(C(=O)CNCCOCC(F)F)C1CC1. The molecule has 0 aromatic rings. The average molecular weight is 236 g/mol. The van der Waals surface area contributed by atoms with Gasteiger partial charge in [0.25, 0.3) is 6.43 Å². The molecule has 4 nitrogen and oxygen atoms in total. The maximum absolute atomic E-state index is 11.7. The zero-order valence-corrected chi connectivity index (χ0v) is 9.42. The first kappa shape index (κ1) is 13.3. The van der Waals surface area contributed by atoms with Gasteiger partial charge in [-0.15, -0.1) is 0 Å². The lowest BCUT2D eigenvalue weighted by Crippen LogP contribution is -2.37. The zero-order valence-electron chi connectivity index (χ0n) is 9.42. The van der Waals surface area contributed by atoms with Gasteiger partial charge in [-0.2, -0.15) is 0 Å². The van der Waals surface area contributed by atoms with Crippen molar-refractivity contribution in [2.45, 2.75) is 25.3 Å². The van der Waals surface area contributed by atoms with E-state index in [1.165, 1.54) is 0 Å². The molecule has 1 rings (SSSR count). The van der Waals surface area contributed by atoms with E-state index in [2.05, 4.69) is 10.1 Å². The molecule has 16 heavy (non-hydrogen) atoms. The number of rotatable bonds is 8. The molecule has 6 heteroatoms. The van der Waals surface area contributed by atoms with Crippen molar-refractivity contribution >= 4 is 5.91 Å². The Balaban J connectivity index is 1.92. The molecule has 0 heterocycles. The molecule has 1 N–H and O–H groups in total. The van der Waals surface area contributed by atoms with E-state index in [1.54, 1.807) is 11.9 Å². The van der Waals surface area contributed by atoms with Gasteiger partial charge in [0, 0.05) is 19.6 Å². The molecule has 1 amide bonds. The van der Waals surface area contributed by atoms with Crippen LogP contribution in [0.25, 0.3) is 0 Å². The molecule has 94 valence electrons. The van der Waals surface area contributed by atoms with Crippen LogP contribution in [-0.2, 0) is 9.53 Å². The Labute approximate surface area is 93.9 Å². The molecule has 0 spiro atoms. The zero-order chi connectivity index (χ0) is 12.0. The predicted octanol–water partition coefficient (Wildman–Crippen LogP) is 0.478. The van der Waals surface area contributed by atoms with Crippen LogP contribution in [0.1, 0.15) is 12.8 Å².